The van der Waals surface area contributed by atoms with Crippen LogP contribution in [0, 0.1) is 0 Å². The van der Waals surface area contributed by atoms with Crippen molar-refractivity contribution in [3.8, 4) is 0 Å². The highest BCUT2D eigenvalue weighted by atomic mass is 79.9. The second-order valence-corrected chi connectivity index (χ2v) is 5.45. The average molecular weight is 338 g/mol. The molecule has 1 amide bonds. The fourth-order valence-electron chi connectivity index (χ4n) is 1.83. The number of rotatable bonds is 7. The van der Waals surface area contributed by atoms with Crippen LogP contribution in [0.25, 0.3) is 0 Å². The molecule has 0 aliphatic heterocycles. The Bertz CT molecular complexity index is 474. The number of nitrogens with zero attached hydrogens (tertiary/aromatic N) is 1. The van der Waals surface area contributed by atoms with Crippen LogP contribution in [0.2, 0.25) is 0 Å². The van der Waals surface area contributed by atoms with Crippen molar-refractivity contribution in [2.24, 2.45) is 0 Å². The van der Waals surface area contributed by atoms with Crippen LogP contribution < -0.4 is 0 Å². The first-order valence-corrected chi connectivity index (χ1v) is 7.64. The molecule has 0 aliphatic rings. The first-order valence-electron chi connectivity index (χ1n) is 6.85. The summed E-state index contributed by atoms with van der Waals surface area (Å²) in [5.74, 6) is -0.252. The van der Waals surface area contributed by atoms with Gasteiger partial charge in [0, 0.05) is 29.2 Å². The monoisotopic (exact) mass is 337 g/mol. The fourth-order valence-corrected chi connectivity index (χ4v) is 2.10. The minimum Gasteiger partial charge on any atom is -0.339 e. The summed E-state index contributed by atoms with van der Waals surface area (Å²) in [5, 5.41) is 0. The number of hydrogen-bond acceptors (Lipinski definition) is 2. The van der Waals surface area contributed by atoms with Crippen molar-refractivity contribution in [1.82, 2.24) is 4.90 Å². The number of amides is 1. The highest BCUT2D eigenvalue weighted by Gasteiger charge is 2.09. The van der Waals surface area contributed by atoms with Gasteiger partial charge in [-0.1, -0.05) is 29.8 Å². The number of ketones is 1. The summed E-state index contributed by atoms with van der Waals surface area (Å²) in [6.07, 6.45) is 4.56. The van der Waals surface area contributed by atoms with E-state index in [2.05, 4.69) is 15.9 Å². The van der Waals surface area contributed by atoms with Crippen LogP contribution in [0.15, 0.2) is 40.9 Å². The Labute approximate surface area is 128 Å². The molecule has 0 fully saturated rings. The maximum Gasteiger partial charge on any atom is 0.246 e. The topological polar surface area (TPSA) is 37.4 Å². The first-order chi connectivity index (χ1) is 9.58. The zero-order valence-corrected chi connectivity index (χ0v) is 13.5. The molecular weight excluding hydrogens is 318 g/mol. The molecule has 3 nitrogen and oxygen atoms in total. The Hall–Kier alpha value is -1.42. The molecule has 0 aliphatic carbocycles. The van der Waals surface area contributed by atoms with Gasteiger partial charge in [-0.25, -0.2) is 0 Å². The number of hydrogen-bond donors (Lipinski definition) is 0. The second kappa shape index (κ2) is 8.69. The molecule has 0 spiro atoms. The number of carbonyl (C=O) groups is 2. The van der Waals surface area contributed by atoms with Gasteiger partial charge in [0.1, 0.15) is 0 Å². The van der Waals surface area contributed by atoms with Gasteiger partial charge in [-0.15, -0.1) is 0 Å². The predicted octanol–water partition coefficient (Wildman–Crippen LogP) is 3.84. The number of halogens is 1. The van der Waals surface area contributed by atoms with E-state index < -0.39 is 0 Å². The maximum absolute atomic E-state index is 12.0. The average Bonchev–Trinajstić information content (AvgIpc) is 2.45. The van der Waals surface area contributed by atoms with Crippen LogP contribution in [0.3, 0.4) is 0 Å². The first kappa shape index (κ1) is 16.6. The molecule has 4 heteroatoms. The molecule has 0 bridgehead atoms. The third kappa shape index (κ3) is 5.29. The molecule has 20 heavy (non-hydrogen) atoms. The minimum atomic E-state index is -0.154. The Balaban J connectivity index is 2.67. The van der Waals surface area contributed by atoms with Crippen LogP contribution >= 0.6 is 15.9 Å². The van der Waals surface area contributed by atoms with Crippen LogP contribution in [0.1, 0.15) is 37.0 Å². The van der Waals surface area contributed by atoms with Gasteiger partial charge in [0.05, 0.1) is 0 Å². The van der Waals surface area contributed by atoms with E-state index in [-0.39, 0.29) is 11.7 Å². The normalized spacial score (nSPS) is 10.8. The van der Waals surface area contributed by atoms with E-state index in [1.165, 1.54) is 12.2 Å². The Morgan fingerprint density at radius 2 is 1.60 bits per heavy atom. The van der Waals surface area contributed by atoms with Gasteiger partial charge < -0.3 is 4.90 Å². The van der Waals surface area contributed by atoms with Crippen LogP contribution in [0.5, 0.6) is 0 Å². The molecular formula is C16H20BrNO2. The molecule has 0 saturated heterocycles. The molecule has 108 valence electrons. The highest BCUT2D eigenvalue weighted by Crippen LogP contribution is 2.11. The standard InChI is InChI=1S/C16H20BrNO2/c1-3-11-18(12-4-2)16(20)10-9-15(19)13-5-7-14(17)8-6-13/h5-10H,3-4,11-12H2,1-2H3/b10-9+. The number of benzene rings is 1. The van der Waals surface area contributed by atoms with Gasteiger partial charge in [-0.3, -0.25) is 9.59 Å². The van der Waals surface area contributed by atoms with Crippen molar-refractivity contribution >= 4 is 27.6 Å². The lowest BCUT2D eigenvalue weighted by Gasteiger charge is -2.19. The molecule has 0 atom stereocenters. The van der Waals surface area contributed by atoms with Gasteiger partial charge in [-0.05, 0) is 43.2 Å². The van der Waals surface area contributed by atoms with E-state index in [0.29, 0.717) is 5.56 Å². The fraction of sp³-hybridized carbons (Fsp3) is 0.375. The summed E-state index contributed by atoms with van der Waals surface area (Å²) in [7, 11) is 0. The SMILES string of the molecule is CCCN(CCC)C(=O)/C=C/C(=O)c1ccc(Br)cc1. The lowest BCUT2D eigenvalue weighted by atomic mass is 10.1. The van der Waals surface area contributed by atoms with E-state index >= 15 is 0 Å². The van der Waals surface area contributed by atoms with E-state index in [1.54, 1.807) is 17.0 Å². The van der Waals surface area contributed by atoms with Gasteiger partial charge in [0.25, 0.3) is 0 Å². The minimum absolute atomic E-state index is 0.0980. The van der Waals surface area contributed by atoms with Crippen molar-refractivity contribution in [2.75, 3.05) is 13.1 Å². The second-order valence-electron chi connectivity index (χ2n) is 4.53. The summed E-state index contributed by atoms with van der Waals surface area (Å²) in [6.45, 7) is 5.52. The summed E-state index contributed by atoms with van der Waals surface area (Å²) in [5.41, 5.74) is 0.579. The van der Waals surface area contributed by atoms with Crippen molar-refractivity contribution in [2.45, 2.75) is 26.7 Å². The van der Waals surface area contributed by atoms with Gasteiger partial charge in [-0.2, -0.15) is 0 Å². The van der Waals surface area contributed by atoms with Gasteiger partial charge in [0.2, 0.25) is 5.91 Å². The summed E-state index contributed by atoms with van der Waals surface area (Å²) in [6, 6.07) is 7.08. The van der Waals surface area contributed by atoms with Crippen molar-refractivity contribution in [1.29, 1.82) is 0 Å². The molecule has 0 saturated carbocycles. The van der Waals surface area contributed by atoms with E-state index in [0.717, 1.165) is 30.4 Å². The Morgan fingerprint density at radius 3 is 2.10 bits per heavy atom. The van der Waals surface area contributed by atoms with E-state index in [9.17, 15) is 9.59 Å². The zero-order valence-electron chi connectivity index (χ0n) is 11.9. The smallest absolute Gasteiger partial charge is 0.246 e. The van der Waals surface area contributed by atoms with E-state index in [4.69, 9.17) is 0 Å². The lowest BCUT2D eigenvalue weighted by molar-refractivity contribution is -0.126. The van der Waals surface area contributed by atoms with Crippen LogP contribution in [-0.4, -0.2) is 29.7 Å². The van der Waals surface area contributed by atoms with Crippen LogP contribution in [0.4, 0.5) is 0 Å². The summed E-state index contributed by atoms with van der Waals surface area (Å²) in [4.78, 5) is 25.7. The number of carbonyl (C=O) groups excluding carboxylic acids is 2. The van der Waals surface area contributed by atoms with Crippen molar-refractivity contribution < 1.29 is 9.59 Å². The Morgan fingerprint density at radius 1 is 1.05 bits per heavy atom. The Kier molecular flexibility index (Phi) is 7.23. The third-order valence-electron chi connectivity index (χ3n) is 2.80. The third-order valence-corrected chi connectivity index (χ3v) is 3.33. The maximum atomic E-state index is 12.0. The molecule has 0 aromatic heterocycles. The van der Waals surface area contributed by atoms with Gasteiger partial charge >= 0.3 is 0 Å². The molecule has 0 N–H and O–H groups in total. The number of allylic oxidation sites excluding steroid dienone is 1. The largest absolute Gasteiger partial charge is 0.339 e. The van der Waals surface area contributed by atoms with Crippen molar-refractivity contribution in [3.63, 3.8) is 0 Å². The van der Waals surface area contributed by atoms with Gasteiger partial charge in [0.15, 0.2) is 5.78 Å². The lowest BCUT2D eigenvalue weighted by Crippen LogP contribution is -2.31. The molecule has 0 radical (unpaired) electrons. The van der Waals surface area contributed by atoms with Crippen molar-refractivity contribution in [3.05, 3.63) is 46.5 Å². The molecule has 1 aromatic carbocycles. The molecule has 1 rings (SSSR count). The molecule has 0 unspecified atom stereocenters. The quantitative estimate of drug-likeness (QED) is 0.560. The predicted molar refractivity (Wildman–Crippen MR) is 84.8 cm³/mol. The van der Waals surface area contributed by atoms with E-state index in [1.807, 2.05) is 26.0 Å². The summed E-state index contributed by atoms with van der Waals surface area (Å²) >= 11 is 3.32. The molecule has 0 heterocycles. The highest BCUT2D eigenvalue weighted by molar-refractivity contribution is 9.10. The van der Waals surface area contributed by atoms with Crippen LogP contribution in [-0.2, 0) is 4.79 Å². The molecule has 1 aromatic rings. The summed E-state index contributed by atoms with van der Waals surface area (Å²) < 4.78 is 0.922. The zero-order chi connectivity index (χ0) is 15.0.